The molecule has 0 spiro atoms. The molecular weight excluding hydrogens is 416 g/mol. The monoisotopic (exact) mass is 450 g/mol. The molecular formula is C26H34N4O3. The highest BCUT2D eigenvalue weighted by atomic mass is 16.2. The molecule has 2 N–H and O–H groups in total. The number of hydrogen-bond acceptors (Lipinski definition) is 4. The topological polar surface area (TPSA) is 81.8 Å². The van der Waals surface area contributed by atoms with Gasteiger partial charge in [-0.05, 0) is 49.9 Å². The number of anilines is 1. The Hall–Kier alpha value is -3.19. The Morgan fingerprint density at radius 2 is 1.48 bits per heavy atom. The number of piperazine rings is 1. The molecule has 33 heavy (non-hydrogen) atoms. The summed E-state index contributed by atoms with van der Waals surface area (Å²) in [6.45, 7) is 10.6. The smallest absolute Gasteiger partial charge is 0.243 e. The lowest BCUT2D eigenvalue weighted by atomic mass is 10.1. The number of carbonyl (C=O) groups excluding carboxylic acids is 3. The largest absolute Gasteiger partial charge is 0.346 e. The van der Waals surface area contributed by atoms with E-state index in [0.29, 0.717) is 32.6 Å². The van der Waals surface area contributed by atoms with Crippen molar-refractivity contribution in [1.82, 2.24) is 15.1 Å². The molecule has 1 aliphatic heterocycles. The molecule has 3 rings (SSSR count). The third-order valence-corrected chi connectivity index (χ3v) is 6.08. The predicted octanol–water partition coefficient (Wildman–Crippen LogP) is 2.36. The maximum atomic E-state index is 12.6. The second kappa shape index (κ2) is 11.1. The van der Waals surface area contributed by atoms with Crippen LogP contribution >= 0.6 is 0 Å². The molecule has 1 heterocycles. The van der Waals surface area contributed by atoms with Gasteiger partial charge in [0, 0.05) is 31.9 Å². The predicted molar refractivity (Wildman–Crippen MR) is 130 cm³/mol. The van der Waals surface area contributed by atoms with E-state index in [1.165, 1.54) is 0 Å². The Balaban J connectivity index is 1.39. The highest BCUT2D eigenvalue weighted by Crippen LogP contribution is 2.21. The van der Waals surface area contributed by atoms with Crippen LogP contribution in [0.3, 0.4) is 0 Å². The number of nitrogens with one attached hydrogen (secondary N) is 2. The van der Waals surface area contributed by atoms with Crippen molar-refractivity contribution in [1.29, 1.82) is 0 Å². The number of carbonyl (C=O) groups is 3. The first kappa shape index (κ1) is 24.5. The van der Waals surface area contributed by atoms with Crippen molar-refractivity contribution in [3.63, 3.8) is 0 Å². The molecule has 0 aromatic heterocycles. The van der Waals surface area contributed by atoms with Crippen LogP contribution in [0, 0.1) is 27.7 Å². The van der Waals surface area contributed by atoms with Crippen molar-refractivity contribution in [3.05, 3.63) is 64.2 Å². The molecule has 7 nitrogen and oxygen atoms in total. The van der Waals surface area contributed by atoms with E-state index in [-0.39, 0.29) is 30.8 Å². The molecule has 0 atom stereocenters. The molecule has 7 heteroatoms. The van der Waals surface area contributed by atoms with Crippen molar-refractivity contribution in [3.8, 4) is 0 Å². The molecule has 0 aliphatic carbocycles. The first-order valence-electron chi connectivity index (χ1n) is 11.4. The molecule has 176 valence electrons. The summed E-state index contributed by atoms with van der Waals surface area (Å²) in [7, 11) is 0. The molecule has 0 bridgehead atoms. The molecule has 0 saturated carbocycles. The van der Waals surface area contributed by atoms with Gasteiger partial charge >= 0.3 is 0 Å². The third kappa shape index (κ3) is 6.89. The van der Waals surface area contributed by atoms with Gasteiger partial charge in [0.2, 0.25) is 17.7 Å². The average Bonchev–Trinajstić information content (AvgIpc) is 2.77. The lowest BCUT2D eigenvalue weighted by Crippen LogP contribution is -2.51. The normalized spacial score (nSPS) is 14.1. The number of nitrogens with zero attached hydrogens (tertiary/aromatic N) is 2. The highest BCUT2D eigenvalue weighted by Gasteiger charge is 2.23. The molecule has 2 aromatic carbocycles. The van der Waals surface area contributed by atoms with E-state index in [1.807, 2.05) is 73.9 Å². The lowest BCUT2D eigenvalue weighted by molar-refractivity contribution is -0.132. The minimum atomic E-state index is -0.245. The molecule has 1 saturated heterocycles. The van der Waals surface area contributed by atoms with E-state index >= 15 is 0 Å². The van der Waals surface area contributed by atoms with Gasteiger partial charge in [-0.3, -0.25) is 19.3 Å². The van der Waals surface area contributed by atoms with Crippen LogP contribution in [0.2, 0.25) is 0 Å². The van der Waals surface area contributed by atoms with Gasteiger partial charge < -0.3 is 15.5 Å². The van der Waals surface area contributed by atoms with E-state index in [1.54, 1.807) is 0 Å². The SMILES string of the molecule is Cc1cc(C)c(NC(=O)CNC(=O)CN2CCN(C(=O)Cc3ccccc3C)CC2)c(C)c1. The molecule has 3 amide bonds. The second-order valence-electron chi connectivity index (χ2n) is 8.86. The maximum absolute atomic E-state index is 12.6. The standard InChI is InChI=1S/C26H34N4O3/c1-18-13-20(3)26(21(4)14-18)28-23(31)16-27-24(32)17-29-9-11-30(12-10-29)25(33)15-22-8-6-5-7-19(22)2/h5-8,13-14H,9-12,15-17H2,1-4H3,(H,27,32)(H,28,31). The number of amides is 3. The zero-order chi connectivity index (χ0) is 24.0. The number of hydrogen-bond donors (Lipinski definition) is 2. The summed E-state index contributed by atoms with van der Waals surface area (Å²) in [5.74, 6) is -0.320. The van der Waals surface area contributed by atoms with Crippen molar-refractivity contribution in [2.75, 3.05) is 44.6 Å². The number of benzene rings is 2. The fraction of sp³-hybridized carbons (Fsp3) is 0.423. The Labute approximate surface area is 196 Å². The van der Waals surface area contributed by atoms with Crippen molar-refractivity contribution < 1.29 is 14.4 Å². The zero-order valence-electron chi connectivity index (χ0n) is 20.0. The maximum Gasteiger partial charge on any atom is 0.243 e. The van der Waals surface area contributed by atoms with Gasteiger partial charge in [-0.15, -0.1) is 0 Å². The van der Waals surface area contributed by atoms with Gasteiger partial charge in [0.05, 0.1) is 19.5 Å². The van der Waals surface area contributed by atoms with Crippen LogP contribution in [0.5, 0.6) is 0 Å². The molecule has 0 unspecified atom stereocenters. The summed E-state index contributed by atoms with van der Waals surface area (Å²) < 4.78 is 0. The van der Waals surface area contributed by atoms with Gasteiger partial charge in [0.25, 0.3) is 0 Å². The average molecular weight is 451 g/mol. The first-order valence-corrected chi connectivity index (χ1v) is 11.4. The van der Waals surface area contributed by atoms with Crippen molar-refractivity contribution in [2.45, 2.75) is 34.1 Å². The Morgan fingerprint density at radius 1 is 0.848 bits per heavy atom. The zero-order valence-corrected chi connectivity index (χ0v) is 20.0. The Bertz CT molecular complexity index is 1000. The quantitative estimate of drug-likeness (QED) is 0.679. The highest BCUT2D eigenvalue weighted by molar-refractivity contribution is 5.96. The van der Waals surface area contributed by atoms with Gasteiger partial charge in [0.1, 0.15) is 0 Å². The van der Waals surface area contributed by atoms with Gasteiger partial charge in [-0.2, -0.15) is 0 Å². The van der Waals surface area contributed by atoms with E-state index in [9.17, 15) is 14.4 Å². The van der Waals surface area contributed by atoms with Crippen LogP contribution in [-0.4, -0.2) is 66.8 Å². The van der Waals surface area contributed by atoms with E-state index < -0.39 is 0 Å². The summed E-state index contributed by atoms with van der Waals surface area (Å²) >= 11 is 0. The minimum Gasteiger partial charge on any atom is -0.346 e. The van der Waals surface area contributed by atoms with Crippen molar-refractivity contribution >= 4 is 23.4 Å². The van der Waals surface area contributed by atoms with Gasteiger partial charge in [-0.1, -0.05) is 42.0 Å². The van der Waals surface area contributed by atoms with Crippen LogP contribution in [0.15, 0.2) is 36.4 Å². The number of aryl methyl sites for hydroxylation is 4. The van der Waals surface area contributed by atoms with Gasteiger partial charge in [-0.25, -0.2) is 0 Å². The lowest BCUT2D eigenvalue weighted by Gasteiger charge is -2.34. The van der Waals surface area contributed by atoms with E-state index in [0.717, 1.165) is 33.5 Å². The fourth-order valence-corrected chi connectivity index (χ4v) is 4.24. The summed E-state index contributed by atoms with van der Waals surface area (Å²) in [4.78, 5) is 41.1. The summed E-state index contributed by atoms with van der Waals surface area (Å²) in [5.41, 5.74) is 6.13. The summed E-state index contributed by atoms with van der Waals surface area (Å²) in [5, 5.41) is 5.60. The molecule has 0 radical (unpaired) electrons. The van der Waals surface area contributed by atoms with E-state index in [2.05, 4.69) is 10.6 Å². The first-order chi connectivity index (χ1) is 15.7. The van der Waals surface area contributed by atoms with Crippen LogP contribution < -0.4 is 10.6 Å². The Morgan fingerprint density at radius 3 is 2.12 bits per heavy atom. The van der Waals surface area contributed by atoms with Crippen molar-refractivity contribution in [2.24, 2.45) is 0 Å². The number of rotatable bonds is 7. The molecule has 1 aliphatic rings. The second-order valence-corrected chi connectivity index (χ2v) is 8.86. The van der Waals surface area contributed by atoms with Crippen LogP contribution in [-0.2, 0) is 20.8 Å². The molecule has 1 fully saturated rings. The fourth-order valence-electron chi connectivity index (χ4n) is 4.24. The van der Waals surface area contributed by atoms with E-state index in [4.69, 9.17) is 0 Å². The third-order valence-electron chi connectivity index (χ3n) is 6.08. The van der Waals surface area contributed by atoms with Crippen LogP contribution in [0.25, 0.3) is 0 Å². The summed E-state index contributed by atoms with van der Waals surface area (Å²) in [6, 6.07) is 12.0. The minimum absolute atomic E-state index is 0.0690. The molecule has 2 aromatic rings. The van der Waals surface area contributed by atoms with Crippen LogP contribution in [0.1, 0.15) is 27.8 Å². The Kier molecular flexibility index (Phi) is 8.22. The van der Waals surface area contributed by atoms with Crippen LogP contribution in [0.4, 0.5) is 5.69 Å². The summed E-state index contributed by atoms with van der Waals surface area (Å²) in [6.07, 6.45) is 0.405. The van der Waals surface area contributed by atoms with Gasteiger partial charge in [0.15, 0.2) is 0 Å².